The van der Waals surface area contributed by atoms with Crippen molar-refractivity contribution < 1.29 is 9.15 Å². The second kappa shape index (κ2) is 7.25. The fraction of sp³-hybridized carbons (Fsp3) is 0.350. The van der Waals surface area contributed by atoms with Crippen LogP contribution in [0.25, 0.3) is 32.0 Å². The maximum absolute atomic E-state index is 13.3. The van der Waals surface area contributed by atoms with Gasteiger partial charge in [0, 0.05) is 24.7 Å². The van der Waals surface area contributed by atoms with Gasteiger partial charge in [-0.1, -0.05) is 13.3 Å². The van der Waals surface area contributed by atoms with Crippen molar-refractivity contribution in [2.24, 2.45) is 0 Å². The number of unbranched alkanes of at least 4 members (excludes halogenated alkanes) is 1. The second-order valence-electron chi connectivity index (χ2n) is 6.54. The molecule has 27 heavy (non-hydrogen) atoms. The number of rotatable bonds is 6. The SMILES string of the molecule is CCCCn1c(-c2ccco2)nc2c(sc3nc(C)cc(COC)c32)c1=O. The molecule has 0 N–H and O–H groups in total. The number of methoxy groups -OCH3 is 1. The number of hydrogen-bond acceptors (Lipinski definition) is 6. The molecule has 0 saturated carbocycles. The van der Waals surface area contributed by atoms with Gasteiger partial charge in [0.25, 0.3) is 5.56 Å². The Morgan fingerprint density at radius 3 is 2.89 bits per heavy atom. The van der Waals surface area contributed by atoms with E-state index in [2.05, 4.69) is 11.9 Å². The van der Waals surface area contributed by atoms with Crippen molar-refractivity contribution in [2.75, 3.05) is 7.11 Å². The predicted molar refractivity (Wildman–Crippen MR) is 107 cm³/mol. The molecule has 0 radical (unpaired) electrons. The van der Waals surface area contributed by atoms with Crippen LogP contribution in [-0.4, -0.2) is 21.6 Å². The van der Waals surface area contributed by atoms with Gasteiger partial charge in [-0.2, -0.15) is 0 Å². The van der Waals surface area contributed by atoms with E-state index in [0.29, 0.717) is 35.0 Å². The first kappa shape index (κ1) is 17.9. The Kier molecular flexibility index (Phi) is 4.80. The van der Waals surface area contributed by atoms with E-state index in [0.717, 1.165) is 34.3 Å². The third-order valence-electron chi connectivity index (χ3n) is 4.54. The Labute approximate surface area is 160 Å². The average Bonchev–Trinajstić information content (AvgIpc) is 3.28. The monoisotopic (exact) mass is 383 g/mol. The zero-order chi connectivity index (χ0) is 19.0. The van der Waals surface area contributed by atoms with Crippen molar-refractivity contribution in [2.45, 2.75) is 39.8 Å². The van der Waals surface area contributed by atoms with Crippen molar-refractivity contribution in [3.63, 3.8) is 0 Å². The zero-order valence-corrected chi connectivity index (χ0v) is 16.4. The van der Waals surface area contributed by atoms with Gasteiger partial charge >= 0.3 is 0 Å². The third kappa shape index (κ3) is 3.07. The Hall–Kier alpha value is -2.51. The molecule has 7 heteroatoms. The summed E-state index contributed by atoms with van der Waals surface area (Å²) >= 11 is 1.40. The largest absolute Gasteiger partial charge is 0.461 e. The van der Waals surface area contributed by atoms with Crippen LogP contribution >= 0.6 is 11.3 Å². The molecule has 0 saturated heterocycles. The van der Waals surface area contributed by atoms with Crippen LogP contribution in [0, 0.1) is 6.92 Å². The normalized spacial score (nSPS) is 11.7. The first-order chi connectivity index (χ1) is 13.1. The molecule has 4 aromatic rings. The lowest BCUT2D eigenvalue weighted by Gasteiger charge is -2.10. The molecule has 0 bridgehead atoms. The number of ether oxygens (including phenoxy) is 1. The molecule has 0 spiro atoms. The molecule has 0 atom stereocenters. The van der Waals surface area contributed by atoms with Gasteiger partial charge in [0.1, 0.15) is 9.53 Å². The quantitative estimate of drug-likeness (QED) is 0.489. The van der Waals surface area contributed by atoms with E-state index in [-0.39, 0.29) is 5.56 Å². The molecule has 0 aromatic carbocycles. The minimum absolute atomic E-state index is 0.0381. The molecule has 140 valence electrons. The van der Waals surface area contributed by atoms with E-state index < -0.39 is 0 Å². The van der Waals surface area contributed by atoms with Gasteiger partial charge in [0.2, 0.25) is 0 Å². The summed E-state index contributed by atoms with van der Waals surface area (Å²) in [6.07, 6.45) is 3.49. The maximum Gasteiger partial charge on any atom is 0.271 e. The smallest absolute Gasteiger partial charge is 0.271 e. The highest BCUT2D eigenvalue weighted by Crippen LogP contribution is 2.34. The van der Waals surface area contributed by atoms with Crippen LogP contribution in [0.15, 0.2) is 33.7 Å². The summed E-state index contributed by atoms with van der Waals surface area (Å²) in [5, 5.41) is 0.898. The first-order valence-electron chi connectivity index (χ1n) is 9.00. The molecule has 6 nitrogen and oxygen atoms in total. The van der Waals surface area contributed by atoms with Crippen molar-refractivity contribution in [3.8, 4) is 11.6 Å². The Morgan fingerprint density at radius 2 is 2.19 bits per heavy atom. The number of fused-ring (bicyclic) bond motifs is 3. The Balaban J connectivity index is 2.09. The highest BCUT2D eigenvalue weighted by Gasteiger charge is 2.20. The highest BCUT2D eigenvalue weighted by atomic mass is 32.1. The third-order valence-corrected chi connectivity index (χ3v) is 5.60. The molecule has 0 aliphatic heterocycles. The summed E-state index contributed by atoms with van der Waals surface area (Å²) in [5.74, 6) is 1.16. The summed E-state index contributed by atoms with van der Waals surface area (Å²) in [6, 6.07) is 5.64. The molecule has 4 aromatic heterocycles. The van der Waals surface area contributed by atoms with Crippen molar-refractivity contribution >= 4 is 31.8 Å². The van der Waals surface area contributed by atoms with E-state index in [1.807, 2.05) is 25.1 Å². The van der Waals surface area contributed by atoms with Crippen LogP contribution in [0.4, 0.5) is 0 Å². The Morgan fingerprint density at radius 1 is 1.33 bits per heavy atom. The number of aromatic nitrogens is 3. The summed E-state index contributed by atoms with van der Waals surface area (Å²) in [5.41, 5.74) is 2.54. The summed E-state index contributed by atoms with van der Waals surface area (Å²) < 4.78 is 13.3. The van der Waals surface area contributed by atoms with Crippen LogP contribution in [0.2, 0.25) is 0 Å². The zero-order valence-electron chi connectivity index (χ0n) is 15.6. The molecular formula is C20H21N3O3S. The molecule has 0 aliphatic rings. The number of furan rings is 1. The van der Waals surface area contributed by atoms with Crippen molar-refractivity contribution in [3.05, 3.63) is 46.1 Å². The van der Waals surface area contributed by atoms with Gasteiger partial charge in [-0.15, -0.1) is 11.3 Å². The van der Waals surface area contributed by atoms with Gasteiger partial charge in [-0.05, 0) is 37.1 Å². The highest BCUT2D eigenvalue weighted by molar-refractivity contribution is 7.25. The summed E-state index contributed by atoms with van der Waals surface area (Å²) in [4.78, 5) is 23.6. The van der Waals surface area contributed by atoms with Crippen molar-refractivity contribution in [1.29, 1.82) is 0 Å². The lowest BCUT2D eigenvalue weighted by molar-refractivity contribution is 0.186. The van der Waals surface area contributed by atoms with Gasteiger partial charge in [0.15, 0.2) is 11.6 Å². The van der Waals surface area contributed by atoms with Crippen LogP contribution in [0.1, 0.15) is 31.0 Å². The van der Waals surface area contributed by atoms with Gasteiger partial charge in [-0.3, -0.25) is 9.36 Å². The van der Waals surface area contributed by atoms with Crippen LogP contribution < -0.4 is 5.56 Å². The van der Waals surface area contributed by atoms with E-state index in [4.69, 9.17) is 14.1 Å². The average molecular weight is 383 g/mol. The van der Waals surface area contributed by atoms with E-state index in [9.17, 15) is 4.79 Å². The lowest BCUT2D eigenvalue weighted by atomic mass is 10.1. The van der Waals surface area contributed by atoms with E-state index in [1.54, 1.807) is 17.9 Å². The van der Waals surface area contributed by atoms with E-state index >= 15 is 0 Å². The fourth-order valence-electron chi connectivity index (χ4n) is 3.32. The topological polar surface area (TPSA) is 70.2 Å². The Bertz CT molecular complexity index is 1160. The molecule has 4 rings (SSSR count). The molecule has 0 amide bonds. The number of hydrogen-bond donors (Lipinski definition) is 0. The standard InChI is InChI=1S/C20H21N3O3S/c1-4-5-8-23-18(14-7-6-9-26-14)22-16-15-13(11-25-3)10-12(2)21-19(15)27-17(16)20(23)24/h6-7,9-10H,4-5,8,11H2,1-3H3. The van der Waals surface area contributed by atoms with Crippen LogP contribution in [0.5, 0.6) is 0 Å². The van der Waals surface area contributed by atoms with Crippen LogP contribution in [-0.2, 0) is 17.9 Å². The number of thiophene rings is 1. The number of pyridine rings is 1. The van der Waals surface area contributed by atoms with Gasteiger partial charge < -0.3 is 9.15 Å². The maximum atomic E-state index is 13.3. The predicted octanol–water partition coefficient (Wildman–Crippen LogP) is 4.52. The molecule has 0 aliphatic carbocycles. The minimum Gasteiger partial charge on any atom is -0.461 e. The second-order valence-corrected chi connectivity index (χ2v) is 7.54. The molecule has 0 unspecified atom stereocenters. The van der Waals surface area contributed by atoms with Gasteiger partial charge in [-0.25, -0.2) is 9.97 Å². The minimum atomic E-state index is -0.0381. The molecule has 4 heterocycles. The lowest BCUT2D eigenvalue weighted by Crippen LogP contribution is -2.22. The van der Waals surface area contributed by atoms with Gasteiger partial charge in [0.05, 0.1) is 18.4 Å². The number of aryl methyl sites for hydroxylation is 1. The molecular weight excluding hydrogens is 362 g/mol. The fourth-order valence-corrected chi connectivity index (χ4v) is 4.47. The summed E-state index contributed by atoms with van der Waals surface area (Å²) in [7, 11) is 1.66. The number of nitrogens with zero attached hydrogens (tertiary/aromatic N) is 3. The van der Waals surface area contributed by atoms with E-state index in [1.165, 1.54) is 11.3 Å². The molecule has 0 fully saturated rings. The first-order valence-corrected chi connectivity index (χ1v) is 9.82. The van der Waals surface area contributed by atoms with Crippen LogP contribution in [0.3, 0.4) is 0 Å². The summed E-state index contributed by atoms with van der Waals surface area (Å²) in [6.45, 7) is 5.11. The van der Waals surface area contributed by atoms with Crippen molar-refractivity contribution in [1.82, 2.24) is 14.5 Å².